The summed E-state index contributed by atoms with van der Waals surface area (Å²) >= 11 is 1.81. The van der Waals surface area contributed by atoms with Crippen molar-refractivity contribution in [3.63, 3.8) is 0 Å². The van der Waals surface area contributed by atoms with E-state index in [0.29, 0.717) is 11.5 Å². The van der Waals surface area contributed by atoms with Gasteiger partial charge in [0, 0.05) is 11.7 Å². The summed E-state index contributed by atoms with van der Waals surface area (Å²) in [6.45, 7) is 0. The number of amides is 1. The Morgan fingerprint density at radius 2 is 2.64 bits per heavy atom. The van der Waals surface area contributed by atoms with Gasteiger partial charge in [-0.1, -0.05) is 0 Å². The van der Waals surface area contributed by atoms with Gasteiger partial charge in [-0.15, -0.1) is 0 Å². The lowest BCUT2D eigenvalue weighted by Crippen LogP contribution is -2.23. The van der Waals surface area contributed by atoms with E-state index in [2.05, 4.69) is 15.5 Å². The van der Waals surface area contributed by atoms with E-state index in [9.17, 15) is 4.79 Å². The Hall–Kier alpha value is -1.17. The van der Waals surface area contributed by atoms with Crippen LogP contribution in [0.1, 0.15) is 6.42 Å². The summed E-state index contributed by atoms with van der Waals surface area (Å²) in [5, 5.41) is 9.11. The highest BCUT2D eigenvalue weighted by molar-refractivity contribution is 7.99. The lowest BCUT2D eigenvalue weighted by atomic mass is 10.1. The molecule has 4 N–H and O–H groups in total. The third-order valence-electron chi connectivity index (χ3n) is 2.22. The molecule has 6 heteroatoms. The van der Waals surface area contributed by atoms with Crippen LogP contribution < -0.4 is 11.1 Å². The van der Waals surface area contributed by atoms with Gasteiger partial charge in [-0.25, -0.2) is 0 Å². The molecule has 0 aliphatic carbocycles. The van der Waals surface area contributed by atoms with Crippen LogP contribution >= 0.6 is 11.8 Å². The van der Waals surface area contributed by atoms with Crippen molar-refractivity contribution in [2.24, 2.45) is 5.92 Å². The zero-order valence-electron chi connectivity index (χ0n) is 7.62. The number of anilines is 2. The monoisotopic (exact) mass is 212 g/mol. The fraction of sp³-hybridized carbons (Fsp3) is 0.500. The first kappa shape index (κ1) is 9.39. The first-order valence-corrected chi connectivity index (χ1v) is 5.60. The number of hydrogen-bond acceptors (Lipinski definition) is 4. The average Bonchev–Trinajstić information content (AvgIpc) is 2.77. The van der Waals surface area contributed by atoms with Gasteiger partial charge in [-0.05, 0) is 12.2 Å². The van der Waals surface area contributed by atoms with Gasteiger partial charge in [0.1, 0.15) is 0 Å². The number of aromatic amines is 1. The van der Waals surface area contributed by atoms with Gasteiger partial charge in [-0.2, -0.15) is 16.9 Å². The highest BCUT2D eigenvalue weighted by atomic mass is 32.2. The summed E-state index contributed by atoms with van der Waals surface area (Å²) in [5.41, 5.74) is 6.05. The van der Waals surface area contributed by atoms with E-state index in [1.165, 1.54) is 6.20 Å². The standard InChI is InChI=1S/C8H12N4OS/c9-6-3-10-12-7(6)11-8(13)5-1-2-14-4-5/h3,5H,1-2,4,9H2,(H2,10,11,12,13). The summed E-state index contributed by atoms with van der Waals surface area (Å²) in [6.07, 6.45) is 2.43. The third-order valence-corrected chi connectivity index (χ3v) is 3.38. The molecule has 1 atom stereocenters. The first-order chi connectivity index (χ1) is 6.77. The molecule has 1 unspecified atom stereocenters. The number of aromatic nitrogens is 2. The van der Waals surface area contributed by atoms with Crippen LogP contribution in [0.4, 0.5) is 11.5 Å². The molecule has 1 aliphatic heterocycles. The number of nitrogens with two attached hydrogens (primary N) is 1. The Morgan fingerprint density at radius 3 is 3.21 bits per heavy atom. The molecule has 76 valence electrons. The minimum atomic E-state index is 0.0333. The maximum atomic E-state index is 11.6. The number of carbonyl (C=O) groups is 1. The van der Waals surface area contributed by atoms with E-state index in [1.807, 2.05) is 11.8 Å². The molecule has 0 aromatic carbocycles. The predicted octanol–water partition coefficient (Wildman–Crippen LogP) is 0.684. The van der Waals surface area contributed by atoms with Crippen molar-refractivity contribution in [1.29, 1.82) is 0 Å². The number of carbonyl (C=O) groups excluding carboxylic acids is 1. The molecular weight excluding hydrogens is 200 g/mol. The van der Waals surface area contributed by atoms with Crippen LogP contribution in [0.2, 0.25) is 0 Å². The first-order valence-electron chi connectivity index (χ1n) is 4.45. The zero-order chi connectivity index (χ0) is 9.97. The van der Waals surface area contributed by atoms with Crippen molar-refractivity contribution in [1.82, 2.24) is 10.2 Å². The van der Waals surface area contributed by atoms with E-state index in [4.69, 9.17) is 5.73 Å². The quantitative estimate of drug-likeness (QED) is 0.673. The van der Waals surface area contributed by atoms with Gasteiger partial charge >= 0.3 is 0 Å². The molecule has 1 aromatic heterocycles. The molecule has 1 saturated heterocycles. The van der Waals surface area contributed by atoms with Crippen molar-refractivity contribution in [3.8, 4) is 0 Å². The van der Waals surface area contributed by atoms with Gasteiger partial charge in [0.25, 0.3) is 0 Å². The minimum Gasteiger partial charge on any atom is -0.394 e. The number of nitrogens with one attached hydrogen (secondary N) is 2. The van der Waals surface area contributed by atoms with Crippen molar-refractivity contribution in [2.45, 2.75) is 6.42 Å². The highest BCUT2D eigenvalue weighted by Crippen LogP contribution is 2.25. The minimum absolute atomic E-state index is 0.0333. The molecule has 1 amide bonds. The van der Waals surface area contributed by atoms with Crippen LogP contribution in [0, 0.1) is 5.92 Å². The fourth-order valence-corrected chi connectivity index (χ4v) is 2.58. The third kappa shape index (κ3) is 1.84. The summed E-state index contributed by atoms with van der Waals surface area (Å²) in [6, 6.07) is 0. The molecule has 0 radical (unpaired) electrons. The van der Waals surface area contributed by atoms with Crippen molar-refractivity contribution in [3.05, 3.63) is 6.20 Å². The lowest BCUT2D eigenvalue weighted by molar-refractivity contribution is -0.119. The molecule has 14 heavy (non-hydrogen) atoms. The second-order valence-corrected chi connectivity index (χ2v) is 4.40. The van der Waals surface area contributed by atoms with Gasteiger partial charge < -0.3 is 11.1 Å². The average molecular weight is 212 g/mol. The summed E-state index contributed by atoms with van der Waals surface area (Å²) in [4.78, 5) is 11.6. The van der Waals surface area contributed by atoms with E-state index >= 15 is 0 Å². The SMILES string of the molecule is Nc1cn[nH]c1NC(=O)C1CCSC1. The fourth-order valence-electron chi connectivity index (χ4n) is 1.36. The largest absolute Gasteiger partial charge is 0.394 e. The molecular formula is C8H12N4OS. The van der Waals surface area contributed by atoms with Gasteiger partial charge in [0.15, 0.2) is 5.82 Å². The smallest absolute Gasteiger partial charge is 0.229 e. The maximum Gasteiger partial charge on any atom is 0.229 e. The second kappa shape index (κ2) is 3.91. The molecule has 1 aromatic rings. The van der Waals surface area contributed by atoms with Crippen molar-refractivity contribution in [2.75, 3.05) is 22.6 Å². The topological polar surface area (TPSA) is 83.8 Å². The molecule has 2 heterocycles. The van der Waals surface area contributed by atoms with E-state index in [0.717, 1.165) is 17.9 Å². The summed E-state index contributed by atoms with van der Waals surface area (Å²) in [5.74, 6) is 2.62. The Labute approximate surface area is 85.8 Å². The summed E-state index contributed by atoms with van der Waals surface area (Å²) < 4.78 is 0. The molecule has 0 saturated carbocycles. The Bertz CT molecular complexity index is 332. The van der Waals surface area contributed by atoms with Crippen LogP contribution in [0.15, 0.2) is 6.20 Å². The Balaban J connectivity index is 1.97. The lowest BCUT2D eigenvalue weighted by Gasteiger charge is -2.08. The van der Waals surface area contributed by atoms with E-state index in [1.54, 1.807) is 0 Å². The molecule has 2 rings (SSSR count). The van der Waals surface area contributed by atoms with Crippen LogP contribution in [0.5, 0.6) is 0 Å². The Morgan fingerprint density at radius 1 is 1.79 bits per heavy atom. The normalized spacial score (nSPS) is 21.0. The van der Waals surface area contributed by atoms with Crippen LogP contribution in [0.25, 0.3) is 0 Å². The number of nitrogen functional groups attached to an aromatic ring is 1. The molecule has 0 spiro atoms. The second-order valence-electron chi connectivity index (χ2n) is 3.25. The van der Waals surface area contributed by atoms with Gasteiger partial charge in [0.2, 0.25) is 5.91 Å². The molecule has 1 aliphatic rings. The Kier molecular flexibility index (Phi) is 2.62. The van der Waals surface area contributed by atoms with Gasteiger partial charge in [-0.3, -0.25) is 9.89 Å². The van der Waals surface area contributed by atoms with E-state index in [-0.39, 0.29) is 11.8 Å². The van der Waals surface area contributed by atoms with Crippen LogP contribution in [-0.4, -0.2) is 27.6 Å². The number of rotatable bonds is 2. The van der Waals surface area contributed by atoms with Crippen LogP contribution in [0.3, 0.4) is 0 Å². The number of H-pyrrole nitrogens is 1. The van der Waals surface area contributed by atoms with E-state index < -0.39 is 0 Å². The van der Waals surface area contributed by atoms with Gasteiger partial charge in [0.05, 0.1) is 11.9 Å². The highest BCUT2D eigenvalue weighted by Gasteiger charge is 2.23. The molecule has 5 nitrogen and oxygen atoms in total. The van der Waals surface area contributed by atoms with Crippen molar-refractivity contribution < 1.29 is 4.79 Å². The maximum absolute atomic E-state index is 11.6. The number of thioether (sulfide) groups is 1. The predicted molar refractivity (Wildman–Crippen MR) is 57.1 cm³/mol. The number of hydrogen-bond donors (Lipinski definition) is 3. The summed E-state index contributed by atoms with van der Waals surface area (Å²) in [7, 11) is 0. The zero-order valence-corrected chi connectivity index (χ0v) is 8.43. The molecule has 1 fully saturated rings. The molecule has 0 bridgehead atoms. The number of nitrogens with zero attached hydrogens (tertiary/aromatic N) is 1. The van der Waals surface area contributed by atoms with Crippen molar-refractivity contribution >= 4 is 29.2 Å². The van der Waals surface area contributed by atoms with Crippen LogP contribution in [-0.2, 0) is 4.79 Å².